The van der Waals surface area contributed by atoms with Crippen molar-refractivity contribution < 1.29 is 19.4 Å². The summed E-state index contributed by atoms with van der Waals surface area (Å²) in [7, 11) is 3.11. The van der Waals surface area contributed by atoms with Crippen LogP contribution in [-0.2, 0) is 4.79 Å². The molecule has 0 spiro atoms. The molecule has 0 aliphatic heterocycles. The zero-order valence-electron chi connectivity index (χ0n) is 11.1. The summed E-state index contributed by atoms with van der Waals surface area (Å²) in [6.07, 6.45) is 1.61. The monoisotopic (exact) mass is 290 g/mol. The highest BCUT2D eigenvalue weighted by Gasteiger charge is 2.12. The maximum absolute atomic E-state index is 11.4. The van der Waals surface area contributed by atoms with Gasteiger partial charge in [-0.2, -0.15) is 0 Å². The van der Waals surface area contributed by atoms with E-state index in [4.69, 9.17) is 9.47 Å². The van der Waals surface area contributed by atoms with E-state index in [1.54, 1.807) is 44.6 Å². The Hall–Kier alpha value is -2.27. The van der Waals surface area contributed by atoms with E-state index in [2.05, 4.69) is 0 Å². The molecule has 0 saturated carbocycles. The van der Waals surface area contributed by atoms with Gasteiger partial charge in [0.05, 0.1) is 19.8 Å². The third kappa shape index (κ3) is 3.19. The fourth-order valence-corrected chi connectivity index (χ4v) is 2.48. The van der Waals surface area contributed by atoms with E-state index in [0.717, 1.165) is 0 Å². The fraction of sp³-hybridized carbons (Fsp3) is 0.133. The molecule has 5 heteroatoms. The van der Waals surface area contributed by atoms with Crippen LogP contribution in [0.3, 0.4) is 0 Å². The minimum atomic E-state index is -0.964. The molecule has 2 aromatic rings. The molecule has 0 bridgehead atoms. The Labute approximate surface area is 120 Å². The second-order valence-electron chi connectivity index (χ2n) is 3.99. The van der Waals surface area contributed by atoms with Crippen LogP contribution in [0.15, 0.2) is 35.7 Å². The number of carbonyl (C=O) groups is 1. The first kappa shape index (κ1) is 14.1. The average molecular weight is 290 g/mol. The van der Waals surface area contributed by atoms with Crippen molar-refractivity contribution in [1.82, 2.24) is 0 Å². The molecule has 1 aromatic heterocycles. The van der Waals surface area contributed by atoms with Crippen molar-refractivity contribution in [2.45, 2.75) is 0 Å². The molecule has 2 rings (SSSR count). The summed E-state index contributed by atoms with van der Waals surface area (Å²) >= 11 is 1.39. The topological polar surface area (TPSA) is 55.8 Å². The molecule has 1 N–H and O–H groups in total. The highest BCUT2D eigenvalue weighted by molar-refractivity contribution is 7.11. The first-order chi connectivity index (χ1) is 9.63. The van der Waals surface area contributed by atoms with Gasteiger partial charge in [0.1, 0.15) is 11.5 Å². The number of methoxy groups -OCH3 is 2. The number of hydrogen-bond acceptors (Lipinski definition) is 4. The molecule has 1 aromatic carbocycles. The predicted octanol–water partition coefficient (Wildman–Crippen LogP) is 3.39. The number of hydrogen-bond donors (Lipinski definition) is 1. The molecule has 104 valence electrons. The van der Waals surface area contributed by atoms with Gasteiger partial charge in [0, 0.05) is 10.9 Å². The van der Waals surface area contributed by atoms with Gasteiger partial charge in [0.15, 0.2) is 0 Å². The number of ether oxygens (including phenoxy) is 2. The van der Waals surface area contributed by atoms with Crippen LogP contribution in [0.4, 0.5) is 0 Å². The number of rotatable bonds is 5. The van der Waals surface area contributed by atoms with Gasteiger partial charge < -0.3 is 14.6 Å². The predicted molar refractivity (Wildman–Crippen MR) is 79.4 cm³/mol. The Kier molecular flexibility index (Phi) is 4.42. The van der Waals surface area contributed by atoms with E-state index < -0.39 is 5.97 Å². The first-order valence-corrected chi connectivity index (χ1v) is 6.74. The number of carboxylic acids is 1. The molecule has 1 heterocycles. The lowest BCUT2D eigenvalue weighted by Gasteiger charge is -2.07. The molecule has 0 amide bonds. The average Bonchev–Trinajstić information content (AvgIpc) is 2.97. The third-order valence-electron chi connectivity index (χ3n) is 2.70. The van der Waals surface area contributed by atoms with Crippen LogP contribution in [-0.4, -0.2) is 25.3 Å². The minimum Gasteiger partial charge on any atom is -0.497 e. The number of benzene rings is 1. The summed E-state index contributed by atoms with van der Waals surface area (Å²) in [5, 5.41) is 11.2. The van der Waals surface area contributed by atoms with E-state index in [1.807, 2.05) is 11.4 Å². The van der Waals surface area contributed by atoms with Crippen LogP contribution in [0, 0.1) is 0 Å². The summed E-state index contributed by atoms with van der Waals surface area (Å²) in [4.78, 5) is 12.1. The molecule has 4 nitrogen and oxygen atoms in total. The Morgan fingerprint density at radius 1 is 1.20 bits per heavy atom. The summed E-state index contributed by atoms with van der Waals surface area (Å²) < 4.78 is 10.4. The Morgan fingerprint density at radius 2 is 1.85 bits per heavy atom. The minimum absolute atomic E-state index is 0.246. The second-order valence-corrected chi connectivity index (χ2v) is 4.93. The number of carboxylic acid groups (broad SMARTS) is 1. The van der Waals surface area contributed by atoms with Crippen molar-refractivity contribution in [3.05, 3.63) is 46.2 Å². The maximum Gasteiger partial charge on any atom is 0.337 e. The van der Waals surface area contributed by atoms with Crippen LogP contribution in [0.25, 0.3) is 11.6 Å². The second kappa shape index (κ2) is 6.25. The van der Waals surface area contributed by atoms with E-state index in [1.165, 1.54) is 11.3 Å². The molecule has 0 fully saturated rings. The molecular weight excluding hydrogens is 276 g/mol. The van der Waals surface area contributed by atoms with Gasteiger partial charge in [0.25, 0.3) is 0 Å². The van der Waals surface area contributed by atoms with Crippen LogP contribution in [0.2, 0.25) is 0 Å². The molecular formula is C15H14O4S. The summed E-state index contributed by atoms with van der Waals surface area (Å²) in [5.41, 5.74) is 0.960. The quantitative estimate of drug-likeness (QED) is 0.858. The lowest BCUT2D eigenvalue weighted by atomic mass is 10.1. The molecule has 0 unspecified atom stereocenters. The normalized spacial score (nSPS) is 11.2. The van der Waals surface area contributed by atoms with Gasteiger partial charge in [-0.3, -0.25) is 0 Å². The van der Waals surface area contributed by atoms with Gasteiger partial charge in [-0.05, 0) is 35.2 Å². The van der Waals surface area contributed by atoms with Crippen molar-refractivity contribution in [3.63, 3.8) is 0 Å². The van der Waals surface area contributed by atoms with Gasteiger partial charge in [-0.15, -0.1) is 11.3 Å². The summed E-state index contributed by atoms with van der Waals surface area (Å²) in [5.74, 6) is 0.271. The lowest BCUT2D eigenvalue weighted by molar-refractivity contribution is -0.130. The number of thiophene rings is 1. The van der Waals surface area contributed by atoms with Crippen molar-refractivity contribution in [2.24, 2.45) is 0 Å². The number of aliphatic carboxylic acids is 1. The fourth-order valence-electron chi connectivity index (χ4n) is 1.75. The van der Waals surface area contributed by atoms with Crippen LogP contribution < -0.4 is 9.47 Å². The highest BCUT2D eigenvalue weighted by atomic mass is 32.1. The zero-order chi connectivity index (χ0) is 14.5. The van der Waals surface area contributed by atoms with Gasteiger partial charge >= 0.3 is 5.97 Å². The van der Waals surface area contributed by atoms with Gasteiger partial charge in [-0.25, -0.2) is 4.79 Å². The van der Waals surface area contributed by atoms with Crippen LogP contribution in [0.1, 0.15) is 10.4 Å². The van der Waals surface area contributed by atoms with Crippen LogP contribution in [0.5, 0.6) is 11.5 Å². The Bertz CT molecular complexity index is 607. The van der Waals surface area contributed by atoms with E-state index >= 15 is 0 Å². The van der Waals surface area contributed by atoms with E-state index in [0.29, 0.717) is 21.9 Å². The zero-order valence-corrected chi connectivity index (χ0v) is 11.9. The van der Waals surface area contributed by atoms with Gasteiger partial charge in [0.2, 0.25) is 0 Å². The SMILES string of the molecule is COc1cc(/C=C(\C(=O)O)c2cccs2)cc(OC)c1. The lowest BCUT2D eigenvalue weighted by Crippen LogP contribution is -1.98. The van der Waals surface area contributed by atoms with Crippen molar-refractivity contribution in [3.8, 4) is 11.5 Å². The van der Waals surface area contributed by atoms with Crippen molar-refractivity contribution >= 4 is 29.0 Å². The molecule has 0 saturated heterocycles. The molecule has 0 radical (unpaired) electrons. The highest BCUT2D eigenvalue weighted by Crippen LogP contribution is 2.27. The standard InChI is InChI=1S/C15H14O4S/c1-18-11-6-10(7-12(9-11)19-2)8-13(15(16)17)14-4-3-5-20-14/h3-9H,1-2H3,(H,16,17)/b13-8-. The van der Waals surface area contributed by atoms with Crippen molar-refractivity contribution in [1.29, 1.82) is 0 Å². The van der Waals surface area contributed by atoms with Crippen molar-refractivity contribution in [2.75, 3.05) is 14.2 Å². The Morgan fingerprint density at radius 3 is 2.30 bits per heavy atom. The maximum atomic E-state index is 11.4. The van der Waals surface area contributed by atoms with E-state index in [-0.39, 0.29) is 5.57 Å². The molecule has 0 aliphatic carbocycles. The third-order valence-corrected chi connectivity index (χ3v) is 3.60. The Balaban J connectivity index is 2.48. The van der Waals surface area contributed by atoms with Crippen LogP contribution >= 0.6 is 11.3 Å². The smallest absolute Gasteiger partial charge is 0.337 e. The molecule has 0 atom stereocenters. The summed E-state index contributed by atoms with van der Waals surface area (Å²) in [6, 6.07) is 8.87. The molecule has 0 aliphatic rings. The van der Waals surface area contributed by atoms with Gasteiger partial charge in [-0.1, -0.05) is 6.07 Å². The van der Waals surface area contributed by atoms with E-state index in [9.17, 15) is 9.90 Å². The summed E-state index contributed by atoms with van der Waals surface area (Å²) in [6.45, 7) is 0. The largest absolute Gasteiger partial charge is 0.497 e. The first-order valence-electron chi connectivity index (χ1n) is 5.86. The molecule has 20 heavy (non-hydrogen) atoms.